The highest BCUT2D eigenvalue weighted by Gasteiger charge is 2.15. The van der Waals surface area contributed by atoms with E-state index in [1.54, 1.807) is 26.3 Å². The summed E-state index contributed by atoms with van der Waals surface area (Å²) in [5.74, 6) is -0.302. The lowest BCUT2D eigenvalue weighted by molar-refractivity contribution is -0.143. The van der Waals surface area contributed by atoms with Crippen molar-refractivity contribution >= 4 is 23.4 Å². The summed E-state index contributed by atoms with van der Waals surface area (Å²) in [7, 11) is 0. The first-order chi connectivity index (χ1) is 9.37. The van der Waals surface area contributed by atoms with Gasteiger partial charge < -0.3 is 14.8 Å². The van der Waals surface area contributed by atoms with Gasteiger partial charge in [-0.05, 0) is 20.8 Å². The number of nitrogens with one attached hydrogen (secondary N) is 1. The van der Waals surface area contributed by atoms with Gasteiger partial charge in [0, 0.05) is 11.8 Å². The van der Waals surface area contributed by atoms with Crippen LogP contribution in [0.1, 0.15) is 32.9 Å². The minimum absolute atomic E-state index is 0.134. The predicted molar refractivity (Wildman–Crippen MR) is 75.6 cm³/mol. The molecule has 1 amide bonds. The standard InChI is InChI=1S/C13H20N2O4S/c1-13(2,3)19-12(17)14-6-7-18-11(16)5-4-10-8-20-9-15-10/h8-9H,4-7H2,1-3H3,(H,14,17). The van der Waals surface area contributed by atoms with Crippen LogP contribution in [-0.4, -0.2) is 35.8 Å². The highest BCUT2D eigenvalue weighted by molar-refractivity contribution is 7.07. The van der Waals surface area contributed by atoms with Gasteiger partial charge in [-0.15, -0.1) is 11.3 Å². The van der Waals surface area contributed by atoms with E-state index >= 15 is 0 Å². The van der Waals surface area contributed by atoms with Crippen LogP contribution < -0.4 is 5.32 Å². The fourth-order valence-corrected chi connectivity index (χ4v) is 1.89. The molecule has 1 aromatic rings. The maximum Gasteiger partial charge on any atom is 0.407 e. The zero-order chi connectivity index (χ0) is 15.0. The second-order valence-electron chi connectivity index (χ2n) is 5.13. The van der Waals surface area contributed by atoms with Crippen molar-refractivity contribution in [2.75, 3.05) is 13.2 Å². The van der Waals surface area contributed by atoms with E-state index in [0.29, 0.717) is 6.42 Å². The summed E-state index contributed by atoms with van der Waals surface area (Å²) in [4.78, 5) is 26.8. The lowest BCUT2D eigenvalue weighted by Crippen LogP contribution is -2.34. The summed E-state index contributed by atoms with van der Waals surface area (Å²) in [6.45, 7) is 5.72. The fourth-order valence-electron chi connectivity index (χ4n) is 1.30. The van der Waals surface area contributed by atoms with Gasteiger partial charge >= 0.3 is 12.1 Å². The minimum Gasteiger partial charge on any atom is -0.464 e. The Balaban J connectivity index is 2.06. The number of alkyl carbamates (subject to hydrolysis) is 1. The summed E-state index contributed by atoms with van der Waals surface area (Å²) >= 11 is 1.50. The molecule has 1 aromatic heterocycles. The maximum atomic E-state index is 11.4. The highest BCUT2D eigenvalue weighted by Crippen LogP contribution is 2.06. The number of aromatic nitrogens is 1. The molecule has 112 valence electrons. The molecule has 0 saturated carbocycles. The van der Waals surface area contributed by atoms with Gasteiger partial charge in [-0.25, -0.2) is 9.78 Å². The van der Waals surface area contributed by atoms with Crippen molar-refractivity contribution in [3.8, 4) is 0 Å². The smallest absolute Gasteiger partial charge is 0.407 e. The van der Waals surface area contributed by atoms with Crippen LogP contribution in [0.4, 0.5) is 4.79 Å². The fraction of sp³-hybridized carbons (Fsp3) is 0.615. The zero-order valence-electron chi connectivity index (χ0n) is 12.0. The lowest BCUT2D eigenvalue weighted by Gasteiger charge is -2.19. The van der Waals surface area contributed by atoms with Gasteiger partial charge in [-0.3, -0.25) is 4.79 Å². The zero-order valence-corrected chi connectivity index (χ0v) is 12.8. The molecule has 0 aliphatic rings. The molecule has 0 radical (unpaired) electrons. The SMILES string of the molecule is CC(C)(C)OC(=O)NCCOC(=O)CCc1cscn1. The average molecular weight is 300 g/mol. The van der Waals surface area contributed by atoms with E-state index in [9.17, 15) is 9.59 Å². The molecule has 0 spiro atoms. The second kappa shape index (κ2) is 7.84. The van der Waals surface area contributed by atoms with E-state index in [1.807, 2.05) is 5.38 Å². The number of ether oxygens (including phenoxy) is 2. The highest BCUT2D eigenvalue weighted by atomic mass is 32.1. The monoisotopic (exact) mass is 300 g/mol. The molecular formula is C13H20N2O4S. The number of esters is 1. The van der Waals surface area contributed by atoms with E-state index in [-0.39, 0.29) is 25.5 Å². The first-order valence-electron chi connectivity index (χ1n) is 6.36. The third kappa shape index (κ3) is 7.73. The number of hydrogen-bond donors (Lipinski definition) is 1. The molecule has 0 unspecified atom stereocenters. The Morgan fingerprint density at radius 3 is 2.75 bits per heavy atom. The third-order valence-corrected chi connectivity index (χ3v) is 2.74. The molecule has 0 aliphatic carbocycles. The van der Waals surface area contributed by atoms with Crippen LogP contribution in [0.3, 0.4) is 0 Å². The summed E-state index contributed by atoms with van der Waals surface area (Å²) in [5.41, 5.74) is 2.08. The average Bonchev–Trinajstić information content (AvgIpc) is 2.83. The van der Waals surface area contributed by atoms with Crippen LogP contribution in [-0.2, 0) is 20.7 Å². The Morgan fingerprint density at radius 2 is 2.15 bits per heavy atom. The first kappa shape index (κ1) is 16.4. The van der Waals surface area contributed by atoms with E-state index in [1.165, 1.54) is 11.3 Å². The number of hydrogen-bond acceptors (Lipinski definition) is 6. The number of nitrogens with zero attached hydrogens (tertiary/aromatic N) is 1. The van der Waals surface area contributed by atoms with E-state index < -0.39 is 11.7 Å². The van der Waals surface area contributed by atoms with E-state index in [0.717, 1.165) is 5.69 Å². The molecule has 1 rings (SSSR count). The molecular weight excluding hydrogens is 280 g/mol. The van der Waals surface area contributed by atoms with Crippen molar-refractivity contribution in [1.82, 2.24) is 10.3 Å². The number of carbonyl (C=O) groups excluding carboxylic acids is 2. The Hall–Kier alpha value is -1.63. The number of aryl methyl sites for hydroxylation is 1. The van der Waals surface area contributed by atoms with Crippen molar-refractivity contribution in [3.05, 3.63) is 16.6 Å². The number of thiazole rings is 1. The van der Waals surface area contributed by atoms with Gasteiger partial charge in [0.1, 0.15) is 12.2 Å². The van der Waals surface area contributed by atoms with Gasteiger partial charge in [0.25, 0.3) is 0 Å². The molecule has 0 saturated heterocycles. The van der Waals surface area contributed by atoms with Gasteiger partial charge in [0.15, 0.2) is 0 Å². The molecule has 0 bridgehead atoms. The number of amides is 1. The lowest BCUT2D eigenvalue weighted by atomic mass is 10.2. The van der Waals surface area contributed by atoms with E-state index in [2.05, 4.69) is 10.3 Å². The molecule has 6 nitrogen and oxygen atoms in total. The van der Waals surface area contributed by atoms with Gasteiger partial charge in [0.2, 0.25) is 0 Å². The first-order valence-corrected chi connectivity index (χ1v) is 7.30. The molecule has 0 aliphatic heterocycles. The van der Waals surface area contributed by atoms with Crippen molar-refractivity contribution in [2.24, 2.45) is 0 Å². The maximum absolute atomic E-state index is 11.4. The summed E-state index contributed by atoms with van der Waals surface area (Å²) < 4.78 is 10.0. The summed E-state index contributed by atoms with van der Waals surface area (Å²) in [6.07, 6.45) is 0.342. The quantitative estimate of drug-likeness (QED) is 0.643. The van der Waals surface area contributed by atoms with Crippen LogP contribution in [0.25, 0.3) is 0 Å². The Morgan fingerprint density at radius 1 is 1.40 bits per heavy atom. The normalized spacial score (nSPS) is 10.9. The van der Waals surface area contributed by atoms with Crippen LogP contribution in [0.15, 0.2) is 10.9 Å². The number of rotatable bonds is 6. The molecule has 1 N–H and O–H groups in total. The topological polar surface area (TPSA) is 77.5 Å². The van der Waals surface area contributed by atoms with Crippen molar-refractivity contribution < 1.29 is 19.1 Å². The van der Waals surface area contributed by atoms with Gasteiger partial charge in [-0.1, -0.05) is 0 Å². The van der Waals surface area contributed by atoms with E-state index in [4.69, 9.17) is 9.47 Å². The van der Waals surface area contributed by atoms with Crippen molar-refractivity contribution in [2.45, 2.75) is 39.2 Å². The largest absolute Gasteiger partial charge is 0.464 e. The predicted octanol–water partition coefficient (Wildman–Crippen LogP) is 2.14. The van der Waals surface area contributed by atoms with Gasteiger partial charge in [-0.2, -0.15) is 0 Å². The van der Waals surface area contributed by atoms with Crippen LogP contribution >= 0.6 is 11.3 Å². The van der Waals surface area contributed by atoms with Crippen LogP contribution in [0, 0.1) is 0 Å². The second-order valence-corrected chi connectivity index (χ2v) is 5.85. The van der Waals surface area contributed by atoms with Crippen molar-refractivity contribution in [1.29, 1.82) is 0 Å². The summed E-state index contributed by atoms with van der Waals surface area (Å²) in [5, 5.41) is 4.42. The minimum atomic E-state index is -0.533. The molecule has 7 heteroatoms. The molecule has 0 fully saturated rings. The van der Waals surface area contributed by atoms with Crippen LogP contribution in [0.2, 0.25) is 0 Å². The Bertz CT molecular complexity index is 426. The van der Waals surface area contributed by atoms with Gasteiger partial charge in [0.05, 0.1) is 24.2 Å². The Kier molecular flexibility index (Phi) is 6.44. The molecule has 0 aromatic carbocycles. The third-order valence-electron chi connectivity index (χ3n) is 2.10. The van der Waals surface area contributed by atoms with Crippen LogP contribution in [0.5, 0.6) is 0 Å². The molecule has 0 atom stereocenters. The number of carbonyl (C=O) groups is 2. The molecule has 1 heterocycles. The summed E-state index contributed by atoms with van der Waals surface area (Å²) in [6, 6.07) is 0. The molecule has 20 heavy (non-hydrogen) atoms. The van der Waals surface area contributed by atoms with Crippen molar-refractivity contribution in [3.63, 3.8) is 0 Å². The Labute approximate surface area is 122 Å².